The van der Waals surface area contributed by atoms with Gasteiger partial charge in [0.05, 0.1) is 7.11 Å². The van der Waals surface area contributed by atoms with Crippen molar-refractivity contribution >= 4 is 0 Å². The van der Waals surface area contributed by atoms with Crippen molar-refractivity contribution in [3.8, 4) is 23.8 Å². The maximum Gasteiger partial charge on any atom is 0.148 e. The molecular weight excluding hydrogens is 214 g/mol. The fourth-order valence-corrected chi connectivity index (χ4v) is 1.62. The molecule has 3 heteroatoms. The molecule has 1 fully saturated rings. The van der Waals surface area contributed by atoms with E-state index in [-0.39, 0.29) is 0 Å². The molecule has 0 heterocycles. The lowest BCUT2D eigenvalue weighted by molar-refractivity contribution is 0.362. The Kier molecular flexibility index (Phi) is 3.89. The molecule has 0 aromatic heterocycles. The van der Waals surface area contributed by atoms with Gasteiger partial charge in [0.15, 0.2) is 0 Å². The Hall–Kier alpha value is -1.66. The lowest BCUT2D eigenvalue weighted by atomic mass is 10.2. The molecule has 90 valence electrons. The third-order valence-electron chi connectivity index (χ3n) is 2.74. The van der Waals surface area contributed by atoms with Crippen molar-refractivity contribution in [1.82, 2.24) is 5.32 Å². The summed E-state index contributed by atoms with van der Waals surface area (Å²) in [5, 5.41) is 3.45. The highest BCUT2D eigenvalue weighted by Crippen LogP contribution is 2.26. The Labute approximate surface area is 102 Å². The predicted octanol–water partition coefficient (Wildman–Crippen LogP) is 1.96. The van der Waals surface area contributed by atoms with Gasteiger partial charge in [-0.25, -0.2) is 0 Å². The summed E-state index contributed by atoms with van der Waals surface area (Å²) in [6.07, 6.45) is 7.74. The third-order valence-corrected chi connectivity index (χ3v) is 2.74. The molecule has 1 aliphatic rings. The minimum atomic E-state index is 0.294. The van der Waals surface area contributed by atoms with Crippen LogP contribution in [0.5, 0.6) is 11.5 Å². The van der Waals surface area contributed by atoms with Gasteiger partial charge in [-0.05, 0) is 31.0 Å². The molecule has 1 saturated carbocycles. The van der Waals surface area contributed by atoms with Gasteiger partial charge in [-0.2, -0.15) is 0 Å². The average Bonchev–Trinajstić information content (AvgIpc) is 3.18. The summed E-state index contributed by atoms with van der Waals surface area (Å²) in [6.45, 7) is 1.09. The Balaban J connectivity index is 2.07. The topological polar surface area (TPSA) is 30.5 Å². The van der Waals surface area contributed by atoms with E-state index >= 15 is 0 Å². The summed E-state index contributed by atoms with van der Waals surface area (Å²) >= 11 is 0. The maximum absolute atomic E-state index is 5.51. The molecule has 0 bridgehead atoms. The zero-order valence-corrected chi connectivity index (χ0v) is 10.0. The van der Waals surface area contributed by atoms with E-state index in [0.717, 1.165) is 23.6 Å². The molecule has 0 atom stereocenters. The van der Waals surface area contributed by atoms with Crippen LogP contribution in [-0.4, -0.2) is 19.8 Å². The number of benzene rings is 1. The normalized spacial score (nSPS) is 14.1. The number of terminal acetylenes is 1. The average molecular weight is 231 g/mol. The SMILES string of the molecule is C#CCOc1ccc(OC)cc1CNC1CC1. The Bertz CT molecular complexity index is 419. The fourth-order valence-electron chi connectivity index (χ4n) is 1.62. The van der Waals surface area contributed by atoms with Crippen LogP contribution < -0.4 is 14.8 Å². The van der Waals surface area contributed by atoms with E-state index in [1.54, 1.807) is 7.11 Å². The minimum absolute atomic E-state index is 0.294. The quantitative estimate of drug-likeness (QED) is 0.759. The highest BCUT2D eigenvalue weighted by Gasteiger charge is 2.20. The van der Waals surface area contributed by atoms with Crippen LogP contribution in [0.2, 0.25) is 0 Å². The standard InChI is InChI=1S/C14H17NO2/c1-3-8-17-14-7-6-13(16-2)9-11(14)10-15-12-4-5-12/h1,6-7,9,12,15H,4-5,8,10H2,2H3. The molecule has 17 heavy (non-hydrogen) atoms. The Morgan fingerprint density at radius 1 is 1.47 bits per heavy atom. The van der Waals surface area contributed by atoms with Gasteiger partial charge in [-0.1, -0.05) is 5.92 Å². The molecule has 0 saturated heterocycles. The second-order valence-corrected chi connectivity index (χ2v) is 4.12. The lowest BCUT2D eigenvalue weighted by Crippen LogP contribution is -2.16. The Morgan fingerprint density at radius 3 is 2.94 bits per heavy atom. The van der Waals surface area contributed by atoms with Crippen LogP contribution in [0.3, 0.4) is 0 Å². The van der Waals surface area contributed by atoms with Gasteiger partial charge < -0.3 is 14.8 Å². The zero-order valence-electron chi connectivity index (χ0n) is 10.0. The van der Waals surface area contributed by atoms with Crippen LogP contribution in [0.4, 0.5) is 0 Å². The van der Waals surface area contributed by atoms with E-state index in [0.29, 0.717) is 12.6 Å². The second kappa shape index (κ2) is 5.60. The van der Waals surface area contributed by atoms with Gasteiger partial charge in [0.25, 0.3) is 0 Å². The summed E-state index contributed by atoms with van der Waals surface area (Å²) in [5.74, 6) is 4.14. The van der Waals surface area contributed by atoms with Gasteiger partial charge in [0.2, 0.25) is 0 Å². The molecule has 1 N–H and O–H groups in total. The van der Waals surface area contributed by atoms with Crippen molar-refractivity contribution in [2.75, 3.05) is 13.7 Å². The smallest absolute Gasteiger partial charge is 0.148 e. The highest BCUT2D eigenvalue weighted by atomic mass is 16.5. The first-order valence-corrected chi connectivity index (χ1v) is 5.80. The van der Waals surface area contributed by atoms with Crippen molar-refractivity contribution in [2.24, 2.45) is 0 Å². The third kappa shape index (κ3) is 3.40. The first-order chi connectivity index (χ1) is 8.33. The predicted molar refractivity (Wildman–Crippen MR) is 67.2 cm³/mol. The monoisotopic (exact) mass is 231 g/mol. The number of hydrogen-bond acceptors (Lipinski definition) is 3. The molecule has 1 aromatic rings. The van der Waals surface area contributed by atoms with Crippen LogP contribution in [0.25, 0.3) is 0 Å². The molecule has 0 unspecified atom stereocenters. The lowest BCUT2D eigenvalue weighted by Gasteiger charge is -2.12. The maximum atomic E-state index is 5.51. The molecule has 1 aliphatic carbocycles. The van der Waals surface area contributed by atoms with Crippen molar-refractivity contribution in [1.29, 1.82) is 0 Å². The van der Waals surface area contributed by atoms with Crippen LogP contribution in [0.15, 0.2) is 18.2 Å². The van der Waals surface area contributed by atoms with Gasteiger partial charge >= 0.3 is 0 Å². The molecule has 1 aromatic carbocycles. The Morgan fingerprint density at radius 2 is 2.29 bits per heavy atom. The van der Waals surface area contributed by atoms with Crippen molar-refractivity contribution < 1.29 is 9.47 Å². The van der Waals surface area contributed by atoms with Crippen LogP contribution in [0.1, 0.15) is 18.4 Å². The summed E-state index contributed by atoms with van der Waals surface area (Å²) in [6, 6.07) is 6.44. The summed E-state index contributed by atoms with van der Waals surface area (Å²) in [5.41, 5.74) is 1.09. The van der Waals surface area contributed by atoms with Crippen LogP contribution in [0, 0.1) is 12.3 Å². The summed E-state index contributed by atoms with van der Waals surface area (Å²) in [4.78, 5) is 0. The van der Waals surface area contributed by atoms with Crippen LogP contribution >= 0.6 is 0 Å². The highest BCUT2D eigenvalue weighted by molar-refractivity contribution is 5.40. The molecule has 2 rings (SSSR count). The number of hydrogen-bond donors (Lipinski definition) is 1. The van der Waals surface area contributed by atoms with E-state index in [1.807, 2.05) is 18.2 Å². The molecule has 0 radical (unpaired) electrons. The first kappa shape index (κ1) is 11.8. The second-order valence-electron chi connectivity index (χ2n) is 4.12. The number of methoxy groups -OCH3 is 1. The zero-order chi connectivity index (χ0) is 12.1. The summed E-state index contributed by atoms with van der Waals surface area (Å²) in [7, 11) is 1.66. The van der Waals surface area contributed by atoms with Gasteiger partial charge in [-0.15, -0.1) is 6.42 Å². The first-order valence-electron chi connectivity index (χ1n) is 5.80. The molecule has 0 amide bonds. The molecule has 0 spiro atoms. The van der Waals surface area contributed by atoms with E-state index in [1.165, 1.54) is 12.8 Å². The number of rotatable bonds is 6. The van der Waals surface area contributed by atoms with Crippen LogP contribution in [-0.2, 0) is 6.54 Å². The van der Waals surface area contributed by atoms with Crippen molar-refractivity contribution in [2.45, 2.75) is 25.4 Å². The van der Waals surface area contributed by atoms with E-state index < -0.39 is 0 Å². The number of ether oxygens (including phenoxy) is 2. The van der Waals surface area contributed by atoms with Gasteiger partial charge in [0, 0.05) is 18.2 Å². The van der Waals surface area contributed by atoms with Gasteiger partial charge in [0.1, 0.15) is 18.1 Å². The fraction of sp³-hybridized carbons (Fsp3) is 0.429. The van der Waals surface area contributed by atoms with E-state index in [4.69, 9.17) is 15.9 Å². The molecule has 0 aliphatic heterocycles. The summed E-state index contributed by atoms with van der Waals surface area (Å²) < 4.78 is 10.7. The van der Waals surface area contributed by atoms with E-state index in [2.05, 4.69) is 11.2 Å². The molecule has 3 nitrogen and oxygen atoms in total. The van der Waals surface area contributed by atoms with E-state index in [9.17, 15) is 0 Å². The number of nitrogens with one attached hydrogen (secondary N) is 1. The van der Waals surface area contributed by atoms with Gasteiger partial charge in [-0.3, -0.25) is 0 Å². The minimum Gasteiger partial charge on any atom is -0.497 e. The molecular formula is C14H17NO2. The largest absolute Gasteiger partial charge is 0.497 e. The van der Waals surface area contributed by atoms with Crippen molar-refractivity contribution in [3.63, 3.8) is 0 Å². The van der Waals surface area contributed by atoms with Crippen molar-refractivity contribution in [3.05, 3.63) is 23.8 Å².